The van der Waals surface area contributed by atoms with E-state index in [2.05, 4.69) is 33.8 Å². The third-order valence-corrected chi connectivity index (χ3v) is 18.9. The van der Waals surface area contributed by atoms with Crippen molar-refractivity contribution >= 4 is 29.7 Å². The van der Waals surface area contributed by atoms with Crippen LogP contribution in [0.25, 0.3) is 0 Å². The smallest absolute Gasteiger partial charge is 0.306 e. The molecule has 5 aliphatic heterocycles. The van der Waals surface area contributed by atoms with Gasteiger partial charge in [0.15, 0.2) is 55.2 Å². The molecule has 17 heteroatoms. The van der Waals surface area contributed by atoms with Gasteiger partial charge in [-0.1, -0.05) is 69.7 Å². The van der Waals surface area contributed by atoms with Crippen LogP contribution in [-0.4, -0.2) is 122 Å². The number of carbonyl (C=O) groups excluding carboxylic acids is 5. The summed E-state index contributed by atoms with van der Waals surface area (Å²) in [5.74, 6) is -0.491. The van der Waals surface area contributed by atoms with Gasteiger partial charge in [0.25, 0.3) is 0 Å². The summed E-state index contributed by atoms with van der Waals surface area (Å²) in [5, 5.41) is 0. The topological polar surface area (TPSA) is 196 Å². The maximum absolute atomic E-state index is 13.9. The van der Waals surface area contributed by atoms with Gasteiger partial charge in [-0.2, -0.15) is 0 Å². The summed E-state index contributed by atoms with van der Waals surface area (Å²) in [4.78, 5) is 64.0. The lowest BCUT2D eigenvalue weighted by atomic mass is 9.47. The number of hydrogen-bond donors (Lipinski definition) is 0. The summed E-state index contributed by atoms with van der Waals surface area (Å²) in [6.45, 7) is 17.1. The minimum absolute atomic E-state index is 0.0354. The molecule has 74 heavy (non-hydrogen) atoms. The third-order valence-electron chi connectivity index (χ3n) is 18.9. The zero-order valence-electron chi connectivity index (χ0n) is 44.6. The van der Waals surface area contributed by atoms with Crippen molar-refractivity contribution in [3.8, 4) is 0 Å². The fourth-order valence-electron chi connectivity index (χ4n) is 15.4. The van der Waals surface area contributed by atoms with E-state index in [1.54, 1.807) is 6.92 Å². The minimum Gasteiger partial charge on any atom is -0.456 e. The van der Waals surface area contributed by atoms with Crippen LogP contribution < -0.4 is 0 Å². The van der Waals surface area contributed by atoms with Crippen LogP contribution in [0.2, 0.25) is 0 Å². The average Bonchev–Trinajstić information content (AvgIpc) is 3.80. The van der Waals surface area contributed by atoms with Gasteiger partial charge in [-0.25, -0.2) is 0 Å². The van der Waals surface area contributed by atoms with Crippen molar-refractivity contribution in [2.75, 3.05) is 13.2 Å². The second-order valence-electron chi connectivity index (χ2n) is 23.7. The highest BCUT2D eigenvalue weighted by Crippen LogP contribution is 2.71. The van der Waals surface area contributed by atoms with E-state index >= 15 is 0 Å². The summed E-state index contributed by atoms with van der Waals surface area (Å²) in [5.41, 5.74) is 2.24. The summed E-state index contributed by atoms with van der Waals surface area (Å²) in [6, 6.07) is 9.31. The van der Waals surface area contributed by atoms with Crippen LogP contribution in [0.1, 0.15) is 145 Å². The monoisotopic (exact) mass is 1030 g/mol. The van der Waals surface area contributed by atoms with E-state index in [9.17, 15) is 24.0 Å². The highest BCUT2D eigenvalue weighted by Gasteiger charge is 2.69. The zero-order valence-corrected chi connectivity index (χ0v) is 44.6. The molecular weight excluding hydrogens is 957 g/mol. The van der Waals surface area contributed by atoms with E-state index in [0.717, 1.165) is 50.7 Å². The van der Waals surface area contributed by atoms with Gasteiger partial charge in [0.1, 0.15) is 18.0 Å². The number of ether oxygens (including phenoxy) is 12. The van der Waals surface area contributed by atoms with Crippen molar-refractivity contribution in [3.63, 3.8) is 0 Å². The first-order valence-electron chi connectivity index (χ1n) is 27.4. The SMILES string of the molecule is CC(=O)CCC(=O)O[C@H]1C2OC(c3ccccc3)OC[C@H]2O[C@@H](O[C@H]2CC[C@@]3(C)C(=CC[C@H]4[C@@H]5C[C@@H]6O[C@]7(CC[C@@H](C)CO7)[C@@H](C)[C@@H]6[C@@]5(C)CC[C@@H]43)C2)[C@@H]1O[C@@H]1O[C@@H](C)[C@H](OC(C)=O)[C@@H](OC(C)=O)[C@H]1OC(C)=O. The fourth-order valence-corrected chi connectivity index (χ4v) is 15.4. The molecule has 9 aliphatic rings. The number of allylic oxidation sites excluding steroid dienone is 1. The maximum atomic E-state index is 13.9. The maximum Gasteiger partial charge on any atom is 0.306 e. The largest absolute Gasteiger partial charge is 0.456 e. The lowest BCUT2D eigenvalue weighted by molar-refractivity contribution is -0.396. The fraction of sp³-hybridized carbons (Fsp3) is 0.772. The second kappa shape index (κ2) is 21.2. The highest BCUT2D eigenvalue weighted by molar-refractivity contribution is 5.81. The summed E-state index contributed by atoms with van der Waals surface area (Å²) in [6.07, 6.45) is -2.20. The lowest BCUT2D eigenvalue weighted by Gasteiger charge is -2.59. The van der Waals surface area contributed by atoms with Crippen LogP contribution in [0.3, 0.4) is 0 Å². The van der Waals surface area contributed by atoms with Gasteiger partial charge in [-0.05, 0) is 106 Å². The van der Waals surface area contributed by atoms with Crippen LogP contribution in [0, 0.1) is 46.3 Å². The number of ketones is 1. The number of esters is 4. The molecule has 8 fully saturated rings. The first kappa shape index (κ1) is 53.6. The predicted molar refractivity (Wildman–Crippen MR) is 261 cm³/mol. The van der Waals surface area contributed by atoms with E-state index in [4.69, 9.17) is 56.8 Å². The zero-order chi connectivity index (χ0) is 52.4. The number of Topliss-reactive ketones (excluding diaryl/α,β-unsaturated/α-hetero) is 1. The molecule has 0 N–H and O–H groups in total. The van der Waals surface area contributed by atoms with E-state index in [0.29, 0.717) is 48.3 Å². The molecule has 5 saturated heterocycles. The first-order chi connectivity index (χ1) is 35.3. The predicted octanol–water partition coefficient (Wildman–Crippen LogP) is 7.78. The Morgan fingerprint density at radius 3 is 2.11 bits per heavy atom. The van der Waals surface area contributed by atoms with Gasteiger partial charge in [0, 0.05) is 45.1 Å². The van der Waals surface area contributed by atoms with Crippen LogP contribution >= 0.6 is 0 Å². The summed E-state index contributed by atoms with van der Waals surface area (Å²) in [7, 11) is 0. The van der Waals surface area contributed by atoms with E-state index in [1.807, 2.05) is 30.3 Å². The van der Waals surface area contributed by atoms with Gasteiger partial charge in [0.05, 0.1) is 37.9 Å². The van der Waals surface area contributed by atoms with Crippen molar-refractivity contribution in [2.24, 2.45) is 46.3 Å². The Labute approximate surface area is 434 Å². The summed E-state index contributed by atoms with van der Waals surface area (Å²) < 4.78 is 77.4. The molecule has 22 atom stereocenters. The molecular formula is C57H78O17. The van der Waals surface area contributed by atoms with Crippen LogP contribution in [-0.2, 0) is 80.8 Å². The van der Waals surface area contributed by atoms with Crippen LogP contribution in [0.4, 0.5) is 0 Å². The number of hydrogen-bond acceptors (Lipinski definition) is 17. The highest BCUT2D eigenvalue weighted by atomic mass is 16.8. The quantitative estimate of drug-likeness (QED) is 0.112. The molecule has 1 aromatic rings. The Morgan fingerprint density at radius 2 is 1.41 bits per heavy atom. The molecule has 0 aromatic heterocycles. The average molecular weight is 1040 g/mol. The third kappa shape index (κ3) is 10.1. The van der Waals surface area contributed by atoms with Crippen molar-refractivity contribution in [1.82, 2.24) is 0 Å². The molecule has 0 bridgehead atoms. The molecule has 4 aliphatic carbocycles. The molecule has 0 radical (unpaired) electrons. The Kier molecular flexibility index (Phi) is 15.4. The van der Waals surface area contributed by atoms with Crippen LogP contribution in [0.15, 0.2) is 42.0 Å². The molecule has 5 heterocycles. The normalized spacial score (nSPS) is 45.3. The van der Waals surface area contributed by atoms with Crippen molar-refractivity contribution < 1.29 is 80.8 Å². The first-order valence-corrected chi connectivity index (χ1v) is 27.4. The Hall–Kier alpha value is -3.81. The van der Waals surface area contributed by atoms with Gasteiger partial charge in [0.2, 0.25) is 0 Å². The Balaban J connectivity index is 0.936. The standard InChI is InChI=1S/C57H78O17/c1-29-19-24-57(64-27-29)31(3)45-42(74-57)26-41-39-17-16-37-25-38(20-22-55(37,8)40(39)21-23-56(41,45)9)69-54-51(73-53-50(68-35(7)61)48(67-34(6)60)46(32(4)65-53)66-33(5)59)49(71-44(62)18-15-30(2)58)47-43(70-54)28-63-52(72-47)36-13-11-10-12-14-36/h10-14,16,29,31-32,38-43,45-54H,15,17-28H2,1-9H3/t29-,31+,32+,38+,39-,40+,41+,42+,43-,45+,46+,47?,48-,49+,50-,51-,52?,53+,54-,55+,56+,57-/m1/s1. The second-order valence-corrected chi connectivity index (χ2v) is 23.7. The molecule has 2 unspecified atom stereocenters. The van der Waals surface area contributed by atoms with Gasteiger partial charge >= 0.3 is 23.9 Å². The molecule has 17 nitrogen and oxygen atoms in total. The molecule has 3 saturated carbocycles. The molecule has 408 valence electrons. The number of fused-ring (bicyclic) bond motifs is 8. The van der Waals surface area contributed by atoms with Gasteiger partial charge < -0.3 is 61.6 Å². The van der Waals surface area contributed by atoms with E-state index < -0.39 is 97.4 Å². The molecule has 1 spiro atoms. The number of benzene rings is 1. The molecule has 10 rings (SSSR count). The van der Waals surface area contributed by atoms with Gasteiger partial charge in [-0.15, -0.1) is 0 Å². The van der Waals surface area contributed by atoms with Crippen LogP contribution in [0.5, 0.6) is 0 Å². The Morgan fingerprint density at radius 1 is 0.689 bits per heavy atom. The molecule has 0 amide bonds. The van der Waals surface area contributed by atoms with E-state index in [-0.39, 0.29) is 48.3 Å². The van der Waals surface area contributed by atoms with Crippen molar-refractivity contribution in [2.45, 2.75) is 219 Å². The van der Waals surface area contributed by atoms with Crippen molar-refractivity contribution in [3.05, 3.63) is 47.5 Å². The number of rotatable bonds is 12. The van der Waals surface area contributed by atoms with E-state index in [1.165, 1.54) is 39.7 Å². The van der Waals surface area contributed by atoms with Crippen molar-refractivity contribution in [1.29, 1.82) is 0 Å². The van der Waals surface area contributed by atoms with Gasteiger partial charge in [-0.3, -0.25) is 19.2 Å². The number of carbonyl (C=O) groups is 5. The molecule has 1 aromatic carbocycles. The lowest BCUT2D eigenvalue weighted by Crippen LogP contribution is -2.67. The Bertz CT molecular complexity index is 2280. The minimum atomic E-state index is -1.51. The summed E-state index contributed by atoms with van der Waals surface area (Å²) >= 11 is 0.